The number of carbonyl (C=O) groups is 2. The van der Waals surface area contributed by atoms with Gasteiger partial charge in [-0.15, -0.1) is 0 Å². The van der Waals surface area contributed by atoms with Crippen molar-refractivity contribution in [2.75, 3.05) is 11.1 Å². The summed E-state index contributed by atoms with van der Waals surface area (Å²) < 4.78 is 0. The number of nitrogens with one attached hydrogen (secondary N) is 1. The third kappa shape index (κ3) is 2.60. The van der Waals surface area contributed by atoms with Gasteiger partial charge in [0.2, 0.25) is 5.91 Å². The highest BCUT2D eigenvalue weighted by atomic mass is 35.5. The first-order chi connectivity index (χ1) is 6.91. The van der Waals surface area contributed by atoms with E-state index in [1.165, 1.54) is 19.1 Å². The third-order valence-corrected chi connectivity index (χ3v) is 1.90. The van der Waals surface area contributed by atoms with E-state index in [1.54, 1.807) is 0 Å². The smallest absolute Gasteiger partial charge is 0.337 e. The summed E-state index contributed by atoms with van der Waals surface area (Å²) >= 11 is 5.68. The molecule has 1 aromatic carbocycles. The molecule has 0 aliphatic carbocycles. The Morgan fingerprint density at radius 1 is 1.47 bits per heavy atom. The van der Waals surface area contributed by atoms with Gasteiger partial charge >= 0.3 is 5.97 Å². The highest BCUT2D eigenvalue weighted by Crippen LogP contribution is 2.27. The van der Waals surface area contributed by atoms with E-state index >= 15 is 0 Å². The van der Waals surface area contributed by atoms with Crippen LogP contribution in [-0.4, -0.2) is 17.0 Å². The van der Waals surface area contributed by atoms with Gasteiger partial charge in [0.1, 0.15) is 0 Å². The summed E-state index contributed by atoms with van der Waals surface area (Å²) in [5.41, 5.74) is 5.60. The van der Waals surface area contributed by atoms with Gasteiger partial charge in [0.15, 0.2) is 0 Å². The number of halogens is 1. The van der Waals surface area contributed by atoms with Gasteiger partial charge in [-0.3, -0.25) is 4.79 Å². The number of aromatic carboxylic acids is 1. The average molecular weight is 229 g/mol. The predicted molar refractivity (Wildman–Crippen MR) is 57.1 cm³/mol. The number of carboxylic acid groups (broad SMARTS) is 1. The van der Waals surface area contributed by atoms with Crippen molar-refractivity contribution in [3.63, 3.8) is 0 Å². The van der Waals surface area contributed by atoms with Crippen molar-refractivity contribution in [2.45, 2.75) is 6.92 Å². The molecular weight excluding hydrogens is 220 g/mol. The largest absolute Gasteiger partial charge is 0.478 e. The molecule has 0 spiro atoms. The molecule has 1 rings (SSSR count). The first kappa shape index (κ1) is 11.3. The summed E-state index contributed by atoms with van der Waals surface area (Å²) in [7, 11) is 0. The van der Waals surface area contributed by atoms with E-state index in [0.29, 0.717) is 0 Å². The number of benzene rings is 1. The molecule has 1 amide bonds. The van der Waals surface area contributed by atoms with Crippen LogP contribution in [0.2, 0.25) is 5.02 Å². The van der Waals surface area contributed by atoms with E-state index in [-0.39, 0.29) is 27.9 Å². The summed E-state index contributed by atoms with van der Waals surface area (Å²) in [5, 5.41) is 11.4. The van der Waals surface area contributed by atoms with Gasteiger partial charge in [-0.25, -0.2) is 4.79 Å². The lowest BCUT2D eigenvalue weighted by atomic mass is 10.1. The number of carboxylic acids is 1. The maximum atomic E-state index is 10.8. The van der Waals surface area contributed by atoms with Crippen molar-refractivity contribution in [1.29, 1.82) is 0 Å². The van der Waals surface area contributed by atoms with E-state index in [9.17, 15) is 9.59 Å². The van der Waals surface area contributed by atoms with Gasteiger partial charge in [0.25, 0.3) is 0 Å². The SMILES string of the molecule is CC(=O)Nc1cc(Cl)cc(C(=O)O)c1N. The van der Waals surface area contributed by atoms with Crippen LogP contribution in [0.25, 0.3) is 0 Å². The minimum atomic E-state index is -1.19. The molecule has 1 aromatic rings. The van der Waals surface area contributed by atoms with Crippen molar-refractivity contribution in [1.82, 2.24) is 0 Å². The Morgan fingerprint density at radius 3 is 2.53 bits per heavy atom. The second-order valence-electron chi connectivity index (χ2n) is 2.90. The number of hydrogen-bond donors (Lipinski definition) is 3. The Morgan fingerprint density at radius 2 is 2.07 bits per heavy atom. The summed E-state index contributed by atoms with van der Waals surface area (Å²) in [6, 6.07) is 2.62. The lowest BCUT2D eigenvalue weighted by Gasteiger charge is -2.09. The minimum Gasteiger partial charge on any atom is -0.478 e. The summed E-state index contributed by atoms with van der Waals surface area (Å²) in [5.74, 6) is -1.54. The molecule has 0 bridgehead atoms. The number of nitrogen functional groups attached to an aromatic ring is 1. The van der Waals surface area contributed by atoms with Gasteiger partial charge < -0.3 is 16.2 Å². The molecule has 0 heterocycles. The highest BCUT2D eigenvalue weighted by molar-refractivity contribution is 6.31. The van der Waals surface area contributed by atoms with Crippen LogP contribution in [0.3, 0.4) is 0 Å². The molecule has 5 nitrogen and oxygen atoms in total. The molecule has 4 N–H and O–H groups in total. The van der Waals surface area contributed by atoms with Crippen LogP contribution < -0.4 is 11.1 Å². The third-order valence-electron chi connectivity index (χ3n) is 1.69. The fourth-order valence-corrected chi connectivity index (χ4v) is 1.31. The molecule has 0 saturated heterocycles. The van der Waals surface area contributed by atoms with Gasteiger partial charge in [-0.2, -0.15) is 0 Å². The number of amides is 1. The molecule has 0 aliphatic heterocycles. The van der Waals surface area contributed by atoms with Crippen LogP contribution in [-0.2, 0) is 4.79 Å². The summed E-state index contributed by atoms with van der Waals surface area (Å²) in [4.78, 5) is 21.6. The first-order valence-electron chi connectivity index (χ1n) is 4.01. The lowest BCUT2D eigenvalue weighted by molar-refractivity contribution is -0.114. The monoisotopic (exact) mass is 228 g/mol. The van der Waals surface area contributed by atoms with Crippen molar-refractivity contribution < 1.29 is 14.7 Å². The molecule has 0 aliphatic rings. The Hall–Kier alpha value is -1.75. The molecule has 0 atom stereocenters. The Labute approximate surface area is 90.8 Å². The summed E-state index contributed by atoms with van der Waals surface area (Å²) in [6.07, 6.45) is 0. The van der Waals surface area contributed by atoms with Crippen LogP contribution in [0, 0.1) is 0 Å². The van der Waals surface area contributed by atoms with E-state index in [1.807, 2.05) is 0 Å². The minimum absolute atomic E-state index is 0.0119. The molecule has 6 heteroatoms. The zero-order valence-electron chi connectivity index (χ0n) is 7.87. The Bertz CT molecular complexity index is 432. The van der Waals surface area contributed by atoms with E-state index in [0.717, 1.165) is 0 Å². The van der Waals surface area contributed by atoms with Gasteiger partial charge in [0, 0.05) is 11.9 Å². The maximum absolute atomic E-state index is 10.8. The zero-order valence-corrected chi connectivity index (χ0v) is 8.63. The highest BCUT2D eigenvalue weighted by Gasteiger charge is 2.13. The fraction of sp³-hybridized carbons (Fsp3) is 0.111. The standard InChI is InChI=1S/C9H9ClN2O3/c1-4(13)12-7-3-5(10)2-6(8(7)11)9(14)15/h2-3H,11H2,1H3,(H,12,13)(H,14,15). The van der Waals surface area contributed by atoms with Crippen LogP contribution in [0.1, 0.15) is 17.3 Å². The summed E-state index contributed by atoms with van der Waals surface area (Å²) in [6.45, 7) is 1.29. The molecule has 0 saturated carbocycles. The number of rotatable bonds is 2. The quantitative estimate of drug-likeness (QED) is 0.670. The van der Waals surface area contributed by atoms with Crippen molar-refractivity contribution in [2.24, 2.45) is 0 Å². The number of nitrogens with two attached hydrogens (primary N) is 1. The van der Waals surface area contributed by atoms with Gasteiger partial charge in [-0.05, 0) is 12.1 Å². The zero-order chi connectivity index (χ0) is 11.6. The number of hydrogen-bond acceptors (Lipinski definition) is 3. The average Bonchev–Trinajstić information content (AvgIpc) is 2.09. The van der Waals surface area contributed by atoms with Crippen molar-refractivity contribution in [3.05, 3.63) is 22.7 Å². The fourth-order valence-electron chi connectivity index (χ4n) is 1.09. The normalized spacial score (nSPS) is 9.73. The van der Waals surface area contributed by atoms with Crippen LogP contribution in [0.15, 0.2) is 12.1 Å². The molecule has 0 radical (unpaired) electrons. The first-order valence-corrected chi connectivity index (χ1v) is 4.39. The number of anilines is 2. The molecule has 0 unspecified atom stereocenters. The van der Waals surface area contributed by atoms with Crippen LogP contribution in [0.4, 0.5) is 11.4 Å². The van der Waals surface area contributed by atoms with E-state index in [2.05, 4.69) is 5.32 Å². The second kappa shape index (κ2) is 4.18. The molecular formula is C9H9ClN2O3. The molecule has 15 heavy (non-hydrogen) atoms. The Kier molecular flexibility index (Phi) is 3.16. The topological polar surface area (TPSA) is 92.4 Å². The van der Waals surface area contributed by atoms with Crippen molar-refractivity contribution >= 4 is 34.9 Å². The Balaban J connectivity index is 3.28. The second-order valence-corrected chi connectivity index (χ2v) is 3.34. The van der Waals surface area contributed by atoms with Crippen LogP contribution >= 0.6 is 11.6 Å². The van der Waals surface area contributed by atoms with E-state index in [4.69, 9.17) is 22.4 Å². The number of carbonyl (C=O) groups excluding carboxylic acids is 1. The van der Waals surface area contributed by atoms with E-state index < -0.39 is 5.97 Å². The molecule has 80 valence electrons. The maximum Gasteiger partial charge on any atom is 0.337 e. The van der Waals surface area contributed by atoms with Crippen molar-refractivity contribution in [3.8, 4) is 0 Å². The van der Waals surface area contributed by atoms with Gasteiger partial charge in [0.05, 0.1) is 16.9 Å². The molecule has 0 fully saturated rings. The van der Waals surface area contributed by atoms with Crippen LogP contribution in [0.5, 0.6) is 0 Å². The predicted octanol–water partition coefficient (Wildman–Crippen LogP) is 1.58. The van der Waals surface area contributed by atoms with Gasteiger partial charge in [-0.1, -0.05) is 11.6 Å². The molecule has 0 aromatic heterocycles. The lowest BCUT2D eigenvalue weighted by Crippen LogP contribution is -2.11.